The van der Waals surface area contributed by atoms with Crippen LogP contribution in [0.3, 0.4) is 0 Å². The van der Waals surface area contributed by atoms with Crippen molar-refractivity contribution in [2.45, 2.75) is 25.7 Å². The van der Waals surface area contributed by atoms with E-state index in [1.54, 1.807) is 0 Å². The molecule has 0 atom stereocenters. The van der Waals surface area contributed by atoms with Crippen LogP contribution in [0.4, 0.5) is 5.69 Å². The van der Waals surface area contributed by atoms with Gasteiger partial charge in [0.05, 0.1) is 0 Å². The lowest BCUT2D eigenvalue weighted by Gasteiger charge is -2.10. The van der Waals surface area contributed by atoms with Gasteiger partial charge in [0.15, 0.2) is 0 Å². The number of hydrogen-bond donors (Lipinski definition) is 1. The van der Waals surface area contributed by atoms with Crippen molar-refractivity contribution < 1.29 is 0 Å². The van der Waals surface area contributed by atoms with E-state index in [0.717, 1.165) is 10.7 Å². The molecule has 0 aliphatic heterocycles. The van der Waals surface area contributed by atoms with Crippen LogP contribution in [0.2, 0.25) is 5.02 Å². The first-order valence-corrected chi connectivity index (χ1v) is 6.68. The van der Waals surface area contributed by atoms with Gasteiger partial charge in [0.1, 0.15) is 0 Å². The fourth-order valence-corrected chi connectivity index (χ4v) is 2.61. The molecule has 0 amide bonds. The van der Waals surface area contributed by atoms with Crippen LogP contribution in [-0.2, 0) is 0 Å². The summed E-state index contributed by atoms with van der Waals surface area (Å²) in [7, 11) is 0. The third-order valence-corrected chi connectivity index (χ3v) is 3.76. The van der Waals surface area contributed by atoms with Crippen molar-refractivity contribution in [2.75, 3.05) is 5.73 Å². The molecule has 3 rings (SSSR count). The summed E-state index contributed by atoms with van der Waals surface area (Å²) in [4.78, 5) is 0. The number of halogens is 1. The molecule has 2 N–H and O–H groups in total. The molecule has 0 aromatic heterocycles. The highest BCUT2D eigenvalue weighted by Crippen LogP contribution is 2.42. The van der Waals surface area contributed by atoms with Crippen molar-refractivity contribution in [1.29, 1.82) is 0 Å². The molecule has 1 aliphatic carbocycles. The quantitative estimate of drug-likeness (QED) is 0.770. The second-order valence-corrected chi connectivity index (χ2v) is 5.56. The zero-order valence-corrected chi connectivity index (χ0v) is 11.2. The maximum absolute atomic E-state index is 6.23. The molecule has 2 aromatic rings. The van der Waals surface area contributed by atoms with Crippen molar-refractivity contribution in [3.8, 4) is 11.1 Å². The van der Waals surface area contributed by atoms with Crippen molar-refractivity contribution in [3.05, 3.63) is 52.5 Å². The molecule has 1 aliphatic rings. The van der Waals surface area contributed by atoms with Crippen LogP contribution in [0.25, 0.3) is 11.1 Å². The molecule has 0 heterocycles. The van der Waals surface area contributed by atoms with Gasteiger partial charge >= 0.3 is 0 Å². The highest BCUT2D eigenvalue weighted by molar-refractivity contribution is 6.31. The van der Waals surface area contributed by atoms with Gasteiger partial charge in [0.2, 0.25) is 0 Å². The lowest BCUT2D eigenvalue weighted by molar-refractivity contribution is 1.13. The van der Waals surface area contributed by atoms with Gasteiger partial charge in [-0.1, -0.05) is 23.7 Å². The summed E-state index contributed by atoms with van der Waals surface area (Å²) in [6.07, 6.45) is 2.57. The van der Waals surface area contributed by atoms with Gasteiger partial charge in [-0.3, -0.25) is 0 Å². The second kappa shape index (κ2) is 4.33. The molecule has 0 radical (unpaired) electrons. The lowest BCUT2D eigenvalue weighted by Crippen LogP contribution is -1.90. The summed E-state index contributed by atoms with van der Waals surface area (Å²) in [5, 5.41) is 0.816. The van der Waals surface area contributed by atoms with Crippen LogP contribution >= 0.6 is 11.6 Å². The molecule has 18 heavy (non-hydrogen) atoms. The molecule has 1 nitrogen and oxygen atoms in total. The van der Waals surface area contributed by atoms with E-state index in [1.165, 1.54) is 35.1 Å². The number of nitrogen functional groups attached to an aromatic ring is 1. The van der Waals surface area contributed by atoms with E-state index in [2.05, 4.69) is 25.1 Å². The topological polar surface area (TPSA) is 26.0 Å². The molecule has 0 unspecified atom stereocenters. The average Bonchev–Trinajstić information content (AvgIpc) is 3.15. The Morgan fingerprint density at radius 3 is 2.61 bits per heavy atom. The number of hydrogen-bond acceptors (Lipinski definition) is 1. The first-order chi connectivity index (χ1) is 8.63. The van der Waals surface area contributed by atoms with Crippen LogP contribution in [0.5, 0.6) is 0 Å². The second-order valence-electron chi connectivity index (χ2n) is 5.12. The van der Waals surface area contributed by atoms with E-state index in [-0.39, 0.29) is 0 Å². The minimum atomic E-state index is 0.712. The van der Waals surface area contributed by atoms with Gasteiger partial charge < -0.3 is 5.73 Å². The van der Waals surface area contributed by atoms with Crippen molar-refractivity contribution >= 4 is 17.3 Å². The molecule has 92 valence electrons. The Morgan fingerprint density at radius 1 is 1.11 bits per heavy atom. The SMILES string of the molecule is Cc1ccc(N)cc1-c1cc(Cl)cc(C2CC2)c1. The number of aryl methyl sites for hydroxylation is 1. The lowest BCUT2D eigenvalue weighted by atomic mass is 9.97. The standard InChI is InChI=1S/C16H16ClN/c1-10-2-5-15(18)9-16(10)13-6-12(11-3-4-11)7-14(17)8-13/h2,5-9,11H,3-4,18H2,1H3. The van der Waals surface area contributed by atoms with Crippen LogP contribution in [0, 0.1) is 6.92 Å². The van der Waals surface area contributed by atoms with E-state index in [1.807, 2.05) is 18.2 Å². The zero-order chi connectivity index (χ0) is 12.7. The third-order valence-electron chi connectivity index (χ3n) is 3.54. The van der Waals surface area contributed by atoms with Crippen molar-refractivity contribution in [3.63, 3.8) is 0 Å². The van der Waals surface area contributed by atoms with Crippen LogP contribution in [0.15, 0.2) is 36.4 Å². The molecule has 0 spiro atoms. The van der Waals surface area contributed by atoms with Gasteiger partial charge in [-0.2, -0.15) is 0 Å². The van der Waals surface area contributed by atoms with Gasteiger partial charge in [0.25, 0.3) is 0 Å². The summed E-state index contributed by atoms with van der Waals surface area (Å²) in [6.45, 7) is 2.10. The molecule has 2 aromatic carbocycles. The fourth-order valence-electron chi connectivity index (χ4n) is 2.37. The van der Waals surface area contributed by atoms with E-state index in [4.69, 9.17) is 17.3 Å². The summed E-state index contributed by atoms with van der Waals surface area (Å²) < 4.78 is 0. The molecule has 1 fully saturated rings. The van der Waals surface area contributed by atoms with Crippen LogP contribution < -0.4 is 5.73 Å². The predicted molar refractivity (Wildman–Crippen MR) is 78.0 cm³/mol. The predicted octanol–water partition coefficient (Wildman–Crippen LogP) is 4.78. The Hall–Kier alpha value is -1.47. The average molecular weight is 258 g/mol. The summed E-state index contributed by atoms with van der Waals surface area (Å²) in [5.74, 6) is 0.712. The van der Waals surface area contributed by atoms with E-state index in [0.29, 0.717) is 5.92 Å². The Balaban J connectivity index is 2.12. The zero-order valence-electron chi connectivity index (χ0n) is 10.4. The van der Waals surface area contributed by atoms with Crippen LogP contribution in [-0.4, -0.2) is 0 Å². The number of benzene rings is 2. The van der Waals surface area contributed by atoms with Gasteiger partial charge in [-0.25, -0.2) is 0 Å². The first kappa shape index (κ1) is 11.6. The van der Waals surface area contributed by atoms with Crippen molar-refractivity contribution in [2.24, 2.45) is 0 Å². The summed E-state index contributed by atoms with van der Waals surface area (Å²) in [6, 6.07) is 12.4. The van der Waals surface area contributed by atoms with Gasteiger partial charge in [-0.15, -0.1) is 0 Å². The molecule has 0 bridgehead atoms. The summed E-state index contributed by atoms with van der Waals surface area (Å²) >= 11 is 6.23. The van der Waals surface area contributed by atoms with E-state index < -0.39 is 0 Å². The van der Waals surface area contributed by atoms with Gasteiger partial charge in [0, 0.05) is 10.7 Å². The highest BCUT2D eigenvalue weighted by atomic mass is 35.5. The maximum Gasteiger partial charge on any atom is 0.0415 e. The summed E-state index contributed by atoms with van der Waals surface area (Å²) in [5.41, 5.74) is 11.6. The normalized spacial score (nSPS) is 14.8. The molecule has 1 saturated carbocycles. The smallest absolute Gasteiger partial charge is 0.0415 e. The van der Waals surface area contributed by atoms with Gasteiger partial charge in [-0.05, 0) is 72.2 Å². The first-order valence-electron chi connectivity index (χ1n) is 6.30. The minimum absolute atomic E-state index is 0.712. The van der Waals surface area contributed by atoms with E-state index in [9.17, 15) is 0 Å². The maximum atomic E-state index is 6.23. The molecular formula is C16H16ClN. The van der Waals surface area contributed by atoms with E-state index >= 15 is 0 Å². The third kappa shape index (κ3) is 2.23. The monoisotopic (exact) mass is 257 g/mol. The largest absolute Gasteiger partial charge is 0.399 e. The minimum Gasteiger partial charge on any atom is -0.399 e. The molecular weight excluding hydrogens is 242 g/mol. The Bertz CT molecular complexity index is 600. The Morgan fingerprint density at radius 2 is 1.89 bits per heavy atom. The number of rotatable bonds is 2. The highest BCUT2D eigenvalue weighted by Gasteiger charge is 2.24. The van der Waals surface area contributed by atoms with Crippen molar-refractivity contribution in [1.82, 2.24) is 0 Å². The Labute approximate surface area is 113 Å². The number of nitrogens with two attached hydrogens (primary N) is 1. The number of anilines is 1. The molecule has 0 saturated heterocycles. The molecule has 2 heteroatoms. The van der Waals surface area contributed by atoms with Crippen LogP contribution in [0.1, 0.15) is 29.9 Å². The fraction of sp³-hybridized carbons (Fsp3) is 0.250. The Kier molecular flexibility index (Phi) is 2.79.